The number of benzene rings is 2. The lowest BCUT2D eigenvalue weighted by Gasteiger charge is -2.29. The van der Waals surface area contributed by atoms with Crippen LogP contribution >= 0.6 is 11.6 Å². The predicted octanol–water partition coefficient (Wildman–Crippen LogP) is 4.36. The van der Waals surface area contributed by atoms with E-state index >= 15 is 0 Å². The summed E-state index contributed by atoms with van der Waals surface area (Å²) < 4.78 is 13.1. The van der Waals surface area contributed by atoms with Crippen LogP contribution in [0, 0.1) is 0 Å². The van der Waals surface area contributed by atoms with Crippen LogP contribution in [0.5, 0.6) is 5.75 Å². The minimum absolute atomic E-state index is 0.275. The molecule has 154 valence electrons. The van der Waals surface area contributed by atoms with Crippen molar-refractivity contribution in [3.05, 3.63) is 82.3 Å². The molecule has 0 fully saturated rings. The number of carbonyl (C=O) groups excluding carboxylic acids is 1. The van der Waals surface area contributed by atoms with Crippen LogP contribution in [0.4, 0.5) is 5.95 Å². The molecule has 1 unspecified atom stereocenters. The van der Waals surface area contributed by atoms with Crippen LogP contribution < -0.4 is 10.1 Å². The standard InChI is InChI=1S/C22H21ClN4O3/c1-3-29-21(28)19-14(2)26-22-24-13-25-27(22)20(19)16-9-5-7-11-18(16)30-12-15-8-4-6-10-17(15)23/h4-11,13,20H,3,12H2,1-2H3,(H,24,25,26). The topological polar surface area (TPSA) is 78.3 Å². The van der Waals surface area contributed by atoms with Crippen molar-refractivity contribution in [2.45, 2.75) is 26.5 Å². The van der Waals surface area contributed by atoms with Crippen molar-refractivity contribution in [3.63, 3.8) is 0 Å². The molecule has 2 aromatic carbocycles. The number of hydrogen-bond donors (Lipinski definition) is 1. The van der Waals surface area contributed by atoms with Gasteiger partial charge < -0.3 is 14.8 Å². The third-order valence-corrected chi connectivity index (χ3v) is 5.21. The summed E-state index contributed by atoms with van der Waals surface area (Å²) >= 11 is 6.27. The van der Waals surface area contributed by atoms with Crippen molar-refractivity contribution < 1.29 is 14.3 Å². The highest BCUT2D eigenvalue weighted by Gasteiger charge is 2.35. The highest BCUT2D eigenvalue weighted by molar-refractivity contribution is 6.31. The zero-order valence-corrected chi connectivity index (χ0v) is 17.4. The van der Waals surface area contributed by atoms with Gasteiger partial charge in [-0.1, -0.05) is 48.0 Å². The van der Waals surface area contributed by atoms with E-state index < -0.39 is 12.0 Å². The van der Waals surface area contributed by atoms with Gasteiger partial charge in [0.25, 0.3) is 0 Å². The van der Waals surface area contributed by atoms with E-state index in [0.717, 1.165) is 11.1 Å². The van der Waals surface area contributed by atoms with Crippen LogP contribution in [0.25, 0.3) is 0 Å². The highest BCUT2D eigenvalue weighted by atomic mass is 35.5. The molecule has 2 heterocycles. The lowest BCUT2D eigenvalue weighted by Crippen LogP contribution is -2.30. The number of anilines is 1. The second-order valence-corrected chi connectivity index (χ2v) is 7.14. The number of rotatable bonds is 6. The summed E-state index contributed by atoms with van der Waals surface area (Å²) in [5, 5.41) is 8.10. The zero-order valence-electron chi connectivity index (χ0n) is 16.6. The second-order valence-electron chi connectivity index (χ2n) is 6.73. The summed E-state index contributed by atoms with van der Waals surface area (Å²) in [6, 6.07) is 14.5. The van der Waals surface area contributed by atoms with Gasteiger partial charge in [0.15, 0.2) is 0 Å². The summed E-state index contributed by atoms with van der Waals surface area (Å²) in [5.41, 5.74) is 2.78. The minimum atomic E-state index is -0.537. The smallest absolute Gasteiger partial charge is 0.338 e. The first-order valence-electron chi connectivity index (χ1n) is 9.59. The lowest BCUT2D eigenvalue weighted by atomic mass is 9.95. The molecule has 30 heavy (non-hydrogen) atoms. The molecular weight excluding hydrogens is 404 g/mol. The predicted molar refractivity (Wildman–Crippen MR) is 113 cm³/mol. The zero-order chi connectivity index (χ0) is 21.1. The molecule has 1 aromatic heterocycles. The number of carbonyl (C=O) groups is 1. The van der Waals surface area contributed by atoms with Gasteiger partial charge in [0.05, 0.1) is 12.2 Å². The average Bonchev–Trinajstić information content (AvgIpc) is 3.20. The molecule has 0 bridgehead atoms. The van der Waals surface area contributed by atoms with Gasteiger partial charge in [-0.05, 0) is 26.0 Å². The first-order valence-corrected chi connectivity index (χ1v) is 9.97. The van der Waals surface area contributed by atoms with Crippen LogP contribution in [0.15, 0.2) is 66.1 Å². The first-order chi connectivity index (χ1) is 14.6. The van der Waals surface area contributed by atoms with Crippen molar-refractivity contribution in [1.29, 1.82) is 0 Å². The van der Waals surface area contributed by atoms with Crippen molar-refractivity contribution in [2.75, 3.05) is 11.9 Å². The number of para-hydroxylation sites is 1. The number of hydrogen-bond acceptors (Lipinski definition) is 6. The Bertz CT molecular complexity index is 1110. The van der Waals surface area contributed by atoms with Crippen LogP contribution in [-0.4, -0.2) is 27.3 Å². The number of esters is 1. The Hall–Kier alpha value is -3.32. The van der Waals surface area contributed by atoms with Gasteiger partial charge in [0.1, 0.15) is 24.7 Å². The lowest BCUT2D eigenvalue weighted by molar-refractivity contribution is -0.139. The number of ether oxygens (including phenoxy) is 2. The van der Waals surface area contributed by atoms with Crippen LogP contribution in [0.1, 0.15) is 31.0 Å². The summed E-state index contributed by atoms with van der Waals surface area (Å²) in [6.07, 6.45) is 1.45. The quantitative estimate of drug-likeness (QED) is 0.592. The molecule has 1 aliphatic rings. The van der Waals surface area contributed by atoms with E-state index in [1.165, 1.54) is 6.33 Å². The molecule has 0 saturated carbocycles. The fourth-order valence-electron chi connectivity index (χ4n) is 3.46. The molecule has 3 aromatic rings. The van der Waals surface area contributed by atoms with Crippen molar-refractivity contribution >= 4 is 23.5 Å². The Morgan fingerprint density at radius 1 is 1.20 bits per heavy atom. The largest absolute Gasteiger partial charge is 0.488 e. The third kappa shape index (κ3) is 3.76. The normalized spacial score (nSPS) is 15.4. The number of halogens is 1. The van der Waals surface area contributed by atoms with E-state index in [1.54, 1.807) is 11.6 Å². The number of nitrogens with one attached hydrogen (secondary N) is 1. The molecule has 0 aliphatic carbocycles. The summed E-state index contributed by atoms with van der Waals surface area (Å²) in [4.78, 5) is 17.1. The molecule has 8 heteroatoms. The molecule has 7 nitrogen and oxygen atoms in total. The summed E-state index contributed by atoms with van der Waals surface area (Å²) in [7, 11) is 0. The van der Waals surface area contributed by atoms with Gasteiger partial charge in [0, 0.05) is 21.8 Å². The number of nitrogens with zero attached hydrogens (tertiary/aromatic N) is 3. The number of allylic oxidation sites excluding steroid dienone is 1. The van der Waals surface area contributed by atoms with Crippen LogP contribution in [0.2, 0.25) is 5.02 Å². The van der Waals surface area contributed by atoms with Gasteiger partial charge in [0.2, 0.25) is 5.95 Å². The Morgan fingerprint density at radius 2 is 1.97 bits per heavy atom. The number of fused-ring (bicyclic) bond motifs is 1. The average molecular weight is 425 g/mol. The molecular formula is C22H21ClN4O3. The molecule has 0 spiro atoms. The molecule has 4 rings (SSSR count). The highest BCUT2D eigenvalue weighted by Crippen LogP contribution is 2.39. The number of aromatic nitrogens is 3. The Morgan fingerprint density at radius 3 is 2.77 bits per heavy atom. The van der Waals surface area contributed by atoms with E-state index in [4.69, 9.17) is 21.1 Å². The Labute approximate surface area is 179 Å². The maximum Gasteiger partial charge on any atom is 0.338 e. The summed E-state index contributed by atoms with van der Waals surface area (Å²) in [5.74, 6) is 0.765. The van der Waals surface area contributed by atoms with E-state index in [9.17, 15) is 4.79 Å². The Balaban J connectivity index is 1.75. The van der Waals surface area contributed by atoms with E-state index in [0.29, 0.717) is 34.6 Å². The van der Waals surface area contributed by atoms with Crippen molar-refractivity contribution in [1.82, 2.24) is 14.8 Å². The van der Waals surface area contributed by atoms with Crippen LogP contribution in [0.3, 0.4) is 0 Å². The molecule has 0 radical (unpaired) electrons. The van der Waals surface area contributed by atoms with E-state index in [2.05, 4.69) is 15.4 Å². The van der Waals surface area contributed by atoms with Gasteiger partial charge >= 0.3 is 5.97 Å². The van der Waals surface area contributed by atoms with Gasteiger partial charge in [-0.15, -0.1) is 0 Å². The first kappa shape index (κ1) is 20.0. The van der Waals surface area contributed by atoms with Gasteiger partial charge in [-0.3, -0.25) is 0 Å². The van der Waals surface area contributed by atoms with Gasteiger partial charge in [-0.25, -0.2) is 9.48 Å². The van der Waals surface area contributed by atoms with Gasteiger partial charge in [-0.2, -0.15) is 10.1 Å². The monoisotopic (exact) mass is 424 g/mol. The molecule has 1 atom stereocenters. The van der Waals surface area contributed by atoms with E-state index in [-0.39, 0.29) is 6.61 Å². The van der Waals surface area contributed by atoms with Crippen LogP contribution in [-0.2, 0) is 16.1 Å². The molecule has 0 saturated heterocycles. The third-order valence-electron chi connectivity index (χ3n) is 4.84. The molecule has 0 amide bonds. The maximum atomic E-state index is 12.8. The Kier molecular flexibility index (Phi) is 5.72. The van der Waals surface area contributed by atoms with Crippen molar-refractivity contribution in [3.8, 4) is 5.75 Å². The SMILES string of the molecule is CCOC(=O)C1=C(C)Nc2ncnn2C1c1ccccc1OCc1ccccc1Cl. The summed E-state index contributed by atoms with van der Waals surface area (Å²) in [6.45, 7) is 4.17. The second kappa shape index (κ2) is 8.59. The molecule has 1 N–H and O–H groups in total. The maximum absolute atomic E-state index is 12.8. The van der Waals surface area contributed by atoms with E-state index in [1.807, 2.05) is 55.5 Å². The minimum Gasteiger partial charge on any atom is -0.488 e. The fourth-order valence-corrected chi connectivity index (χ4v) is 3.65. The fraction of sp³-hybridized carbons (Fsp3) is 0.227. The van der Waals surface area contributed by atoms with Crippen molar-refractivity contribution in [2.24, 2.45) is 0 Å². The molecule has 1 aliphatic heterocycles.